The Kier molecular flexibility index (Phi) is 9.38. The molecule has 1 N–H and O–H groups in total. The first-order valence-electron chi connectivity index (χ1n) is 11.9. The number of ether oxygens (including phenoxy) is 1. The molecule has 0 saturated heterocycles. The molecule has 33 heavy (non-hydrogen) atoms. The van der Waals surface area contributed by atoms with Crippen LogP contribution in [0.5, 0.6) is 0 Å². The molecule has 0 spiro atoms. The molecule has 1 atom stereocenters. The summed E-state index contributed by atoms with van der Waals surface area (Å²) in [6.45, 7) is 6.90. The molecule has 4 heteroatoms. The van der Waals surface area contributed by atoms with E-state index >= 15 is 0 Å². The molecule has 0 radical (unpaired) electrons. The molecule has 2 aromatic carbocycles. The van der Waals surface area contributed by atoms with Crippen molar-refractivity contribution in [2.24, 2.45) is 0 Å². The van der Waals surface area contributed by atoms with E-state index in [1.54, 1.807) is 0 Å². The molecule has 1 aliphatic heterocycles. The zero-order valence-corrected chi connectivity index (χ0v) is 20.6. The molecule has 1 unspecified atom stereocenters. The fraction of sp³-hybridized carbons (Fsp3) is 0.345. The van der Waals surface area contributed by atoms with Crippen LogP contribution in [-0.4, -0.2) is 18.6 Å². The number of aryl methyl sites for hydroxylation is 1. The minimum absolute atomic E-state index is 0.0556. The van der Waals surface area contributed by atoms with Crippen LogP contribution in [0.15, 0.2) is 78.1 Å². The van der Waals surface area contributed by atoms with E-state index in [0.717, 1.165) is 42.0 Å². The highest BCUT2D eigenvalue weighted by Crippen LogP contribution is 2.26. The van der Waals surface area contributed by atoms with Crippen molar-refractivity contribution in [3.05, 3.63) is 99.8 Å². The summed E-state index contributed by atoms with van der Waals surface area (Å²) >= 11 is 6.26. The quantitative estimate of drug-likeness (QED) is 0.404. The molecule has 1 amide bonds. The summed E-state index contributed by atoms with van der Waals surface area (Å²) in [5, 5.41) is 3.84. The Morgan fingerprint density at radius 1 is 1.15 bits per heavy atom. The fourth-order valence-electron chi connectivity index (χ4n) is 3.93. The number of halogens is 1. The maximum absolute atomic E-state index is 13.0. The standard InChI is InChI=1S/C29H34ClNO2/c1-4-6-12-23(28-20-25(30)14-13-21(28)3)15-16-31-29(32)24-18-26(5-2)33-27(19-24)17-22-10-8-7-9-11-22/h7-14,18-20,26H,4-6,15-17H2,1-3H3,(H,31,32). The van der Waals surface area contributed by atoms with Crippen LogP contribution in [0.3, 0.4) is 0 Å². The molecule has 0 saturated carbocycles. The maximum atomic E-state index is 13.0. The van der Waals surface area contributed by atoms with Gasteiger partial charge < -0.3 is 10.1 Å². The van der Waals surface area contributed by atoms with Crippen LogP contribution in [-0.2, 0) is 16.0 Å². The third kappa shape index (κ3) is 7.36. The van der Waals surface area contributed by atoms with Gasteiger partial charge in [0, 0.05) is 23.6 Å². The van der Waals surface area contributed by atoms with E-state index in [-0.39, 0.29) is 12.0 Å². The third-order valence-corrected chi connectivity index (χ3v) is 6.01. The van der Waals surface area contributed by atoms with Crippen molar-refractivity contribution in [3.8, 4) is 0 Å². The summed E-state index contributed by atoms with van der Waals surface area (Å²) in [7, 11) is 0. The van der Waals surface area contributed by atoms with Crippen molar-refractivity contribution in [2.75, 3.05) is 6.54 Å². The number of allylic oxidation sites excluding steroid dienone is 2. The Hall–Kier alpha value is -2.78. The number of benzene rings is 2. The summed E-state index contributed by atoms with van der Waals surface area (Å²) < 4.78 is 6.07. The first-order chi connectivity index (χ1) is 16.0. The van der Waals surface area contributed by atoms with E-state index in [4.69, 9.17) is 16.3 Å². The largest absolute Gasteiger partial charge is 0.490 e. The van der Waals surface area contributed by atoms with Crippen molar-refractivity contribution >= 4 is 23.1 Å². The van der Waals surface area contributed by atoms with Gasteiger partial charge in [-0.05, 0) is 72.7 Å². The Labute approximate surface area is 203 Å². The van der Waals surface area contributed by atoms with Gasteiger partial charge in [0.2, 0.25) is 0 Å². The second kappa shape index (κ2) is 12.5. The monoisotopic (exact) mass is 463 g/mol. The van der Waals surface area contributed by atoms with Gasteiger partial charge in [-0.3, -0.25) is 4.79 Å². The Balaban J connectivity index is 1.67. The van der Waals surface area contributed by atoms with Crippen LogP contribution in [0, 0.1) is 6.92 Å². The molecule has 0 bridgehead atoms. The lowest BCUT2D eigenvalue weighted by atomic mass is 9.96. The Morgan fingerprint density at radius 2 is 1.94 bits per heavy atom. The lowest BCUT2D eigenvalue weighted by Gasteiger charge is -2.23. The molecule has 2 aromatic rings. The number of nitrogens with one attached hydrogen (secondary N) is 1. The predicted octanol–water partition coefficient (Wildman–Crippen LogP) is 7.20. The normalized spacial score (nSPS) is 16.0. The van der Waals surface area contributed by atoms with Crippen LogP contribution in [0.2, 0.25) is 5.02 Å². The molecule has 3 rings (SSSR count). The van der Waals surface area contributed by atoms with Gasteiger partial charge in [-0.1, -0.05) is 74.3 Å². The van der Waals surface area contributed by atoms with Crippen LogP contribution in [0.4, 0.5) is 0 Å². The van der Waals surface area contributed by atoms with Gasteiger partial charge in [0.15, 0.2) is 0 Å². The first-order valence-corrected chi connectivity index (χ1v) is 12.2. The number of amides is 1. The number of hydrogen-bond acceptors (Lipinski definition) is 2. The first kappa shape index (κ1) is 24.9. The molecular weight excluding hydrogens is 430 g/mol. The van der Waals surface area contributed by atoms with Crippen LogP contribution >= 0.6 is 11.6 Å². The number of hydrogen-bond donors (Lipinski definition) is 1. The summed E-state index contributed by atoms with van der Waals surface area (Å²) in [4.78, 5) is 13.0. The predicted molar refractivity (Wildman–Crippen MR) is 138 cm³/mol. The van der Waals surface area contributed by atoms with Crippen LogP contribution in [0.1, 0.15) is 56.2 Å². The Bertz CT molecular complexity index is 1040. The molecule has 0 aliphatic carbocycles. The van der Waals surface area contributed by atoms with Gasteiger partial charge >= 0.3 is 0 Å². The second-order valence-electron chi connectivity index (χ2n) is 8.44. The van der Waals surface area contributed by atoms with Crippen molar-refractivity contribution in [3.63, 3.8) is 0 Å². The van der Waals surface area contributed by atoms with Crippen molar-refractivity contribution in [1.82, 2.24) is 5.32 Å². The second-order valence-corrected chi connectivity index (χ2v) is 8.88. The van der Waals surface area contributed by atoms with E-state index in [1.807, 2.05) is 48.6 Å². The summed E-state index contributed by atoms with van der Waals surface area (Å²) in [6, 6.07) is 16.2. The van der Waals surface area contributed by atoms with Crippen LogP contribution < -0.4 is 5.32 Å². The average Bonchev–Trinajstić information content (AvgIpc) is 2.83. The number of carbonyl (C=O) groups excluding carboxylic acids is 1. The molecule has 174 valence electrons. The van der Waals surface area contributed by atoms with Crippen molar-refractivity contribution < 1.29 is 9.53 Å². The maximum Gasteiger partial charge on any atom is 0.251 e. The molecule has 0 aromatic heterocycles. The van der Waals surface area contributed by atoms with E-state index in [9.17, 15) is 4.79 Å². The van der Waals surface area contributed by atoms with Gasteiger partial charge in [-0.2, -0.15) is 0 Å². The van der Waals surface area contributed by atoms with Gasteiger partial charge in [0.05, 0.1) is 0 Å². The van der Waals surface area contributed by atoms with E-state index in [2.05, 4.69) is 44.3 Å². The number of unbranched alkanes of at least 4 members (excludes halogenated alkanes) is 1. The highest BCUT2D eigenvalue weighted by molar-refractivity contribution is 6.30. The van der Waals surface area contributed by atoms with Crippen molar-refractivity contribution in [1.29, 1.82) is 0 Å². The molecule has 1 aliphatic rings. The smallest absolute Gasteiger partial charge is 0.251 e. The lowest BCUT2D eigenvalue weighted by Crippen LogP contribution is -2.28. The summed E-state index contributed by atoms with van der Waals surface area (Å²) in [5.74, 6) is 0.777. The topological polar surface area (TPSA) is 38.3 Å². The van der Waals surface area contributed by atoms with E-state index < -0.39 is 0 Å². The van der Waals surface area contributed by atoms with Gasteiger partial charge in [0.1, 0.15) is 11.9 Å². The number of carbonyl (C=O) groups is 1. The van der Waals surface area contributed by atoms with Crippen LogP contribution in [0.25, 0.3) is 5.57 Å². The summed E-state index contributed by atoms with van der Waals surface area (Å²) in [6.07, 6.45) is 10.3. The van der Waals surface area contributed by atoms with E-state index in [1.165, 1.54) is 16.7 Å². The molecule has 3 nitrogen and oxygen atoms in total. The fourth-order valence-corrected chi connectivity index (χ4v) is 4.11. The van der Waals surface area contributed by atoms with Gasteiger partial charge in [0.25, 0.3) is 5.91 Å². The zero-order valence-electron chi connectivity index (χ0n) is 19.9. The van der Waals surface area contributed by atoms with Gasteiger partial charge in [-0.25, -0.2) is 0 Å². The molecular formula is C29H34ClNO2. The zero-order chi connectivity index (χ0) is 23.6. The molecule has 1 heterocycles. The number of rotatable bonds is 10. The molecule has 0 fully saturated rings. The van der Waals surface area contributed by atoms with Crippen molar-refractivity contribution in [2.45, 2.75) is 59.0 Å². The highest BCUT2D eigenvalue weighted by atomic mass is 35.5. The lowest BCUT2D eigenvalue weighted by molar-refractivity contribution is -0.117. The average molecular weight is 464 g/mol. The highest BCUT2D eigenvalue weighted by Gasteiger charge is 2.19. The minimum atomic E-state index is -0.0800. The van der Waals surface area contributed by atoms with Gasteiger partial charge in [-0.15, -0.1) is 0 Å². The van der Waals surface area contributed by atoms with E-state index in [0.29, 0.717) is 18.5 Å². The Morgan fingerprint density at radius 3 is 2.67 bits per heavy atom. The third-order valence-electron chi connectivity index (χ3n) is 5.78. The summed E-state index contributed by atoms with van der Waals surface area (Å²) in [5.41, 5.74) is 5.43. The minimum Gasteiger partial charge on any atom is -0.490 e. The SMILES string of the molecule is CCCC=C(CCNC(=O)C1=CC(CC)OC(Cc2ccccc2)=C1)c1cc(Cl)ccc1C.